The van der Waals surface area contributed by atoms with Gasteiger partial charge in [-0.3, -0.25) is 4.57 Å². The number of nitrogens with zero attached hydrogens (tertiary/aromatic N) is 3. The number of phosphoric ester groups is 1. The van der Waals surface area contributed by atoms with Crippen molar-refractivity contribution in [2.45, 2.75) is 32.6 Å². The van der Waals surface area contributed by atoms with E-state index in [1.54, 1.807) is 13.8 Å². The molecule has 3 aromatic rings. The van der Waals surface area contributed by atoms with Crippen molar-refractivity contribution in [2.24, 2.45) is 5.92 Å². The van der Waals surface area contributed by atoms with Gasteiger partial charge in [-0.2, -0.15) is 5.10 Å². The number of esters is 1. The van der Waals surface area contributed by atoms with E-state index in [1.807, 2.05) is 0 Å². The van der Waals surface area contributed by atoms with E-state index in [4.69, 9.17) is 14.4 Å². The predicted molar refractivity (Wildman–Crippen MR) is 115 cm³/mol. The van der Waals surface area contributed by atoms with Crippen molar-refractivity contribution in [3.05, 3.63) is 83.4 Å². The molecule has 2 aromatic carbocycles. The molecule has 2 unspecified atom stereocenters. The van der Waals surface area contributed by atoms with Gasteiger partial charge in [0.2, 0.25) is 0 Å². The van der Waals surface area contributed by atoms with E-state index in [9.17, 15) is 23.0 Å². The normalized spacial score (nSPS) is 14.5. The Morgan fingerprint density at radius 2 is 2.00 bits per heavy atom. The Kier molecular flexibility index (Phi) is 10.9. The minimum atomic E-state index is -4.93. The zero-order valence-electron chi connectivity index (χ0n) is 19.8. The first-order valence-electron chi connectivity index (χ1n) is 10.4. The number of carbonyl (C=O) groups is 1. The average Bonchev–Trinajstić information content (AvgIpc) is 3.29. The monoisotopic (exact) mass is 533 g/mol. The van der Waals surface area contributed by atoms with Gasteiger partial charge >= 0.3 is 35.5 Å². The van der Waals surface area contributed by atoms with Gasteiger partial charge in [-0.15, -0.1) is 0 Å². The Hall–Kier alpha value is -2.02. The molecule has 0 fully saturated rings. The Morgan fingerprint density at radius 1 is 1.25 bits per heavy atom. The van der Waals surface area contributed by atoms with Crippen molar-refractivity contribution in [3.63, 3.8) is 0 Å². The van der Waals surface area contributed by atoms with Crippen LogP contribution in [0.3, 0.4) is 0 Å². The Bertz CT molecular complexity index is 1210. The van der Waals surface area contributed by atoms with Crippen molar-refractivity contribution in [3.8, 4) is 0 Å². The van der Waals surface area contributed by atoms with E-state index in [0.717, 1.165) is 12.1 Å². The van der Waals surface area contributed by atoms with Crippen LogP contribution in [0.25, 0.3) is 0 Å². The van der Waals surface area contributed by atoms with Crippen LogP contribution in [0.1, 0.15) is 35.3 Å². The molecule has 0 radical (unpaired) electrons. The summed E-state index contributed by atoms with van der Waals surface area (Å²) in [5, 5.41) is 4.04. The third-order valence-corrected chi connectivity index (χ3v) is 5.70. The molecule has 14 heteroatoms. The van der Waals surface area contributed by atoms with Crippen molar-refractivity contribution >= 4 is 13.8 Å². The van der Waals surface area contributed by atoms with Crippen LogP contribution in [0.15, 0.2) is 55.1 Å². The molecule has 2 atom stereocenters. The molecule has 0 amide bonds. The summed E-state index contributed by atoms with van der Waals surface area (Å²) in [7, 11) is -4.93. The van der Waals surface area contributed by atoms with E-state index in [2.05, 4.69) is 14.6 Å². The number of carbonyl (C=O) groups excluding carboxylic acids is 1. The molecule has 10 nitrogen and oxygen atoms in total. The molecule has 0 bridgehead atoms. The van der Waals surface area contributed by atoms with E-state index in [-0.39, 0.29) is 53.1 Å². The molecule has 188 valence electrons. The van der Waals surface area contributed by atoms with Gasteiger partial charge in [0.25, 0.3) is 7.82 Å². The molecule has 1 heterocycles. The molecule has 0 aliphatic heterocycles. The summed E-state index contributed by atoms with van der Waals surface area (Å²) < 4.78 is 56.1. The third kappa shape index (κ3) is 7.99. The second-order valence-electron chi connectivity index (χ2n) is 7.90. The van der Waals surface area contributed by atoms with E-state index >= 15 is 0 Å². The molecule has 0 saturated heterocycles. The minimum Gasteiger partial charge on any atom is -0.756 e. The first-order valence-corrected chi connectivity index (χ1v) is 11.9. The van der Waals surface area contributed by atoms with Gasteiger partial charge in [0.05, 0.1) is 18.7 Å². The van der Waals surface area contributed by atoms with Crippen LogP contribution in [-0.2, 0) is 37.3 Å². The Balaban J connectivity index is 0.00000456. The molecule has 0 saturated carbocycles. The zero-order valence-corrected chi connectivity index (χ0v) is 22.7. The smallest absolute Gasteiger partial charge is 0.756 e. The van der Waals surface area contributed by atoms with Crippen molar-refractivity contribution in [2.75, 3.05) is 6.79 Å². The fourth-order valence-corrected chi connectivity index (χ4v) is 3.78. The zero-order chi connectivity index (χ0) is 25.6. The number of ether oxygens (including phenoxy) is 2. The number of hydrogen-bond acceptors (Lipinski definition) is 8. The van der Waals surface area contributed by atoms with Crippen molar-refractivity contribution in [1.29, 1.82) is 0 Å². The summed E-state index contributed by atoms with van der Waals surface area (Å²) in [5.74, 6) is -2.78. The predicted octanol–water partition coefficient (Wildman–Crippen LogP) is -0.0798. The summed E-state index contributed by atoms with van der Waals surface area (Å²) in [5.41, 5.74) is -1.00. The maximum atomic E-state index is 14.8. The standard InChI is InChI=1S/C22H24F2N3O7P.Na/c1-15(2)22(11-27-13-25-12-26-27,19-7-6-18(23)9-20(19)24)33-14-32-21(28)17-5-3-4-16(8-17)10-34-35(29,30)31;/h3-9,12-13,15H,10-11,14H2,1-2H3,(H2,29,30,31);/q;+1/p-1. The minimum absolute atomic E-state index is 0. The Morgan fingerprint density at radius 3 is 2.61 bits per heavy atom. The summed E-state index contributed by atoms with van der Waals surface area (Å²) in [6.07, 6.45) is 2.71. The number of halogens is 2. The topological polar surface area (TPSA) is 136 Å². The average molecular weight is 533 g/mol. The summed E-state index contributed by atoms with van der Waals surface area (Å²) >= 11 is 0. The van der Waals surface area contributed by atoms with Gasteiger partial charge in [0, 0.05) is 11.6 Å². The van der Waals surface area contributed by atoms with Gasteiger partial charge in [0.1, 0.15) is 29.9 Å². The molecule has 3 rings (SSSR count). The maximum absolute atomic E-state index is 14.8. The van der Waals surface area contributed by atoms with Gasteiger partial charge in [-0.1, -0.05) is 32.0 Å². The molecule has 1 N–H and O–H groups in total. The molecule has 1 aromatic heterocycles. The van der Waals surface area contributed by atoms with Crippen LogP contribution >= 0.6 is 7.82 Å². The van der Waals surface area contributed by atoms with Crippen LogP contribution in [0, 0.1) is 17.6 Å². The number of phosphoric acid groups is 1. The number of benzene rings is 2. The molecule has 0 aliphatic rings. The molecule has 36 heavy (non-hydrogen) atoms. The van der Waals surface area contributed by atoms with Gasteiger partial charge in [0.15, 0.2) is 6.79 Å². The van der Waals surface area contributed by atoms with Crippen LogP contribution in [-0.4, -0.2) is 32.4 Å². The van der Waals surface area contributed by atoms with Gasteiger partial charge in [-0.05, 0) is 29.7 Å². The molecular formula is C22H23F2N3NaO7P. The summed E-state index contributed by atoms with van der Waals surface area (Å²) in [6, 6.07) is 8.82. The summed E-state index contributed by atoms with van der Waals surface area (Å²) in [6.45, 7) is 2.46. The fourth-order valence-electron chi connectivity index (χ4n) is 3.47. The number of rotatable bonds is 11. The van der Waals surface area contributed by atoms with Crippen molar-refractivity contribution < 1.29 is 71.5 Å². The van der Waals surface area contributed by atoms with Gasteiger partial charge in [-0.25, -0.2) is 23.2 Å². The maximum Gasteiger partial charge on any atom is 1.00 e. The fraction of sp³-hybridized carbons (Fsp3) is 0.318. The van der Waals surface area contributed by atoms with Crippen LogP contribution < -0.4 is 34.5 Å². The van der Waals surface area contributed by atoms with E-state index in [0.29, 0.717) is 5.56 Å². The molecular weight excluding hydrogens is 510 g/mol. The molecule has 0 spiro atoms. The number of aromatic nitrogens is 3. The van der Waals surface area contributed by atoms with Crippen LogP contribution in [0.4, 0.5) is 8.78 Å². The summed E-state index contributed by atoms with van der Waals surface area (Å²) in [4.78, 5) is 35.9. The second kappa shape index (κ2) is 13.0. The molecule has 0 aliphatic carbocycles. The first kappa shape index (κ1) is 30.2. The van der Waals surface area contributed by atoms with Gasteiger partial charge < -0.3 is 23.8 Å². The van der Waals surface area contributed by atoms with Crippen LogP contribution in [0.2, 0.25) is 0 Å². The van der Waals surface area contributed by atoms with Crippen LogP contribution in [0.5, 0.6) is 0 Å². The quantitative estimate of drug-likeness (QED) is 0.155. The van der Waals surface area contributed by atoms with E-state index < -0.39 is 44.4 Å². The third-order valence-electron chi connectivity index (χ3n) is 5.25. The first-order chi connectivity index (χ1) is 16.5. The van der Waals surface area contributed by atoms with Crippen molar-refractivity contribution in [1.82, 2.24) is 14.8 Å². The van der Waals surface area contributed by atoms with E-state index in [1.165, 1.54) is 47.7 Å². The number of hydrogen-bond donors (Lipinski definition) is 1. The Labute approximate surface area is 228 Å². The SMILES string of the molecule is CC(C)C(Cn1cncn1)(OCOC(=O)c1cccc(COP(=O)([O-])O)c1)c1ccc(F)cc1F.[Na+]. The largest absolute Gasteiger partial charge is 1.00 e. The second-order valence-corrected chi connectivity index (χ2v) is 9.09.